The Balaban J connectivity index is 2.40. The van der Waals surface area contributed by atoms with Crippen molar-refractivity contribution in [2.45, 2.75) is 18.7 Å². The van der Waals surface area contributed by atoms with E-state index in [0.717, 1.165) is 19.5 Å². The Labute approximate surface area is 89.0 Å². The van der Waals surface area contributed by atoms with E-state index in [-0.39, 0.29) is 11.3 Å². The highest BCUT2D eigenvalue weighted by atomic mass is 35.5. The summed E-state index contributed by atoms with van der Waals surface area (Å²) in [7, 11) is 0. The number of nitrogens with zero attached hydrogens (tertiary/aromatic N) is 1. The smallest absolute Gasteiger partial charge is 0.232 e. The van der Waals surface area contributed by atoms with Crippen LogP contribution in [0, 0.1) is 5.92 Å². The van der Waals surface area contributed by atoms with Crippen LogP contribution in [0.15, 0.2) is 0 Å². The maximum atomic E-state index is 11.5. The Kier molecular flexibility index (Phi) is 4.39. The molecule has 1 heterocycles. The van der Waals surface area contributed by atoms with E-state index in [2.05, 4.69) is 6.92 Å². The summed E-state index contributed by atoms with van der Waals surface area (Å²) >= 11 is 7.68. The molecule has 0 aromatic heterocycles. The van der Waals surface area contributed by atoms with Gasteiger partial charge in [0.25, 0.3) is 0 Å². The fourth-order valence-electron chi connectivity index (χ4n) is 1.46. The topological polar surface area (TPSA) is 20.3 Å². The molecule has 1 aliphatic rings. The molecule has 1 rings (SSSR count). The Morgan fingerprint density at radius 3 is 2.92 bits per heavy atom. The Hall–Kier alpha value is 0.110. The lowest BCUT2D eigenvalue weighted by Gasteiger charge is -2.33. The highest BCUT2D eigenvalue weighted by Gasteiger charge is 2.26. The van der Waals surface area contributed by atoms with Crippen molar-refractivity contribution in [3.05, 3.63) is 0 Å². The lowest BCUT2D eigenvalue weighted by molar-refractivity contribution is -0.129. The molecule has 1 aliphatic heterocycles. The number of rotatable bonds is 2. The molecule has 2 unspecified atom stereocenters. The first-order valence-corrected chi connectivity index (χ1v) is 6.39. The molecule has 0 aromatic carbocycles. The number of piperidine rings is 1. The van der Waals surface area contributed by atoms with Crippen molar-refractivity contribution in [1.82, 2.24) is 4.90 Å². The van der Waals surface area contributed by atoms with Gasteiger partial charge in [0.05, 0.1) is 11.1 Å². The first kappa shape index (κ1) is 11.2. The molecule has 0 aliphatic carbocycles. The molecule has 0 N–H and O–H groups in total. The molecule has 1 fully saturated rings. The van der Waals surface area contributed by atoms with Gasteiger partial charge in [-0.1, -0.05) is 6.92 Å². The molecular formula is C9H16ClNOS. The zero-order chi connectivity index (χ0) is 9.84. The highest BCUT2D eigenvalue weighted by molar-refractivity contribution is 7.99. The van der Waals surface area contributed by atoms with E-state index in [1.165, 1.54) is 0 Å². The minimum Gasteiger partial charge on any atom is -0.340 e. The van der Waals surface area contributed by atoms with Crippen molar-refractivity contribution in [1.29, 1.82) is 0 Å². The van der Waals surface area contributed by atoms with Crippen LogP contribution in [0.3, 0.4) is 0 Å². The third kappa shape index (κ3) is 3.06. The number of hydrogen-bond donors (Lipinski definition) is 0. The van der Waals surface area contributed by atoms with E-state index in [4.69, 9.17) is 11.6 Å². The van der Waals surface area contributed by atoms with Gasteiger partial charge < -0.3 is 4.90 Å². The SMILES string of the molecule is CSCC(=O)N1CCC(C)C(Cl)C1. The van der Waals surface area contributed by atoms with E-state index < -0.39 is 0 Å². The summed E-state index contributed by atoms with van der Waals surface area (Å²) in [5.74, 6) is 1.35. The van der Waals surface area contributed by atoms with Gasteiger partial charge in [0.1, 0.15) is 0 Å². The number of carbonyl (C=O) groups excluding carboxylic acids is 1. The first-order chi connectivity index (χ1) is 6.15. The Morgan fingerprint density at radius 1 is 1.69 bits per heavy atom. The summed E-state index contributed by atoms with van der Waals surface area (Å²) in [5, 5.41) is 0.138. The molecule has 13 heavy (non-hydrogen) atoms. The third-order valence-corrected chi connectivity index (χ3v) is 3.59. The van der Waals surface area contributed by atoms with Crippen LogP contribution in [-0.2, 0) is 4.79 Å². The van der Waals surface area contributed by atoms with Crippen molar-refractivity contribution in [3.63, 3.8) is 0 Å². The summed E-state index contributed by atoms with van der Waals surface area (Å²) in [5.41, 5.74) is 0. The molecular weight excluding hydrogens is 206 g/mol. The lowest BCUT2D eigenvalue weighted by Crippen LogP contribution is -2.44. The number of halogens is 1. The van der Waals surface area contributed by atoms with Crippen molar-refractivity contribution < 1.29 is 4.79 Å². The molecule has 0 saturated carbocycles. The molecule has 0 aromatic rings. The average molecular weight is 222 g/mol. The second kappa shape index (κ2) is 5.11. The minimum absolute atomic E-state index is 0.138. The van der Waals surface area contributed by atoms with Gasteiger partial charge in [-0.05, 0) is 18.6 Å². The van der Waals surface area contributed by atoms with Crippen LogP contribution in [0.4, 0.5) is 0 Å². The summed E-state index contributed by atoms with van der Waals surface area (Å²) in [6, 6.07) is 0. The molecule has 1 amide bonds. The molecule has 0 radical (unpaired) electrons. The van der Waals surface area contributed by atoms with E-state index in [1.54, 1.807) is 11.8 Å². The number of likely N-dealkylation sites (tertiary alicyclic amines) is 1. The molecule has 2 atom stereocenters. The van der Waals surface area contributed by atoms with Gasteiger partial charge in [-0.25, -0.2) is 0 Å². The first-order valence-electron chi connectivity index (χ1n) is 4.56. The van der Waals surface area contributed by atoms with Gasteiger partial charge in [-0.2, -0.15) is 11.8 Å². The van der Waals surface area contributed by atoms with Crippen LogP contribution in [0.2, 0.25) is 0 Å². The Morgan fingerprint density at radius 2 is 2.38 bits per heavy atom. The van der Waals surface area contributed by atoms with Crippen LogP contribution in [0.1, 0.15) is 13.3 Å². The monoisotopic (exact) mass is 221 g/mol. The van der Waals surface area contributed by atoms with Gasteiger partial charge in [0.15, 0.2) is 0 Å². The van der Waals surface area contributed by atoms with E-state index in [0.29, 0.717) is 11.7 Å². The predicted octanol–water partition coefficient (Wildman–Crippen LogP) is 1.83. The quantitative estimate of drug-likeness (QED) is 0.664. The van der Waals surface area contributed by atoms with Gasteiger partial charge >= 0.3 is 0 Å². The van der Waals surface area contributed by atoms with E-state index in [9.17, 15) is 4.79 Å². The molecule has 0 bridgehead atoms. The maximum absolute atomic E-state index is 11.5. The second-order valence-corrected chi connectivity index (χ2v) is 4.98. The number of alkyl halides is 1. The van der Waals surface area contributed by atoms with E-state index in [1.807, 2.05) is 11.2 Å². The zero-order valence-corrected chi connectivity index (χ0v) is 9.70. The second-order valence-electron chi connectivity index (χ2n) is 3.55. The van der Waals surface area contributed by atoms with Crippen molar-refractivity contribution >= 4 is 29.3 Å². The fraction of sp³-hybridized carbons (Fsp3) is 0.889. The van der Waals surface area contributed by atoms with Gasteiger partial charge in [-0.15, -0.1) is 11.6 Å². The number of carbonyl (C=O) groups is 1. The largest absolute Gasteiger partial charge is 0.340 e. The number of hydrogen-bond acceptors (Lipinski definition) is 2. The van der Waals surface area contributed by atoms with Crippen LogP contribution < -0.4 is 0 Å². The lowest BCUT2D eigenvalue weighted by atomic mass is 9.99. The van der Waals surface area contributed by atoms with E-state index >= 15 is 0 Å². The summed E-state index contributed by atoms with van der Waals surface area (Å²) in [6.07, 6.45) is 2.98. The van der Waals surface area contributed by atoms with Gasteiger partial charge in [0.2, 0.25) is 5.91 Å². The Bertz CT molecular complexity index is 188. The maximum Gasteiger partial charge on any atom is 0.232 e. The predicted molar refractivity (Wildman–Crippen MR) is 58.4 cm³/mol. The van der Waals surface area contributed by atoms with Crippen molar-refractivity contribution in [2.24, 2.45) is 5.92 Å². The van der Waals surface area contributed by atoms with Crippen LogP contribution in [0.5, 0.6) is 0 Å². The van der Waals surface area contributed by atoms with Crippen molar-refractivity contribution in [2.75, 3.05) is 25.1 Å². The fourth-order valence-corrected chi connectivity index (χ4v) is 2.19. The molecule has 76 valence electrons. The van der Waals surface area contributed by atoms with Crippen LogP contribution in [-0.4, -0.2) is 41.3 Å². The molecule has 4 heteroatoms. The van der Waals surface area contributed by atoms with Gasteiger partial charge in [-0.3, -0.25) is 4.79 Å². The van der Waals surface area contributed by atoms with Gasteiger partial charge in [0, 0.05) is 13.1 Å². The highest BCUT2D eigenvalue weighted by Crippen LogP contribution is 2.21. The minimum atomic E-state index is 0.138. The molecule has 0 spiro atoms. The number of thioether (sulfide) groups is 1. The number of amides is 1. The standard InChI is InChI=1S/C9H16ClNOS/c1-7-3-4-11(5-8(7)10)9(12)6-13-2/h7-8H,3-6H2,1-2H3. The van der Waals surface area contributed by atoms with Crippen molar-refractivity contribution in [3.8, 4) is 0 Å². The van der Waals surface area contributed by atoms with Crippen LogP contribution >= 0.6 is 23.4 Å². The average Bonchev–Trinajstić information content (AvgIpc) is 2.10. The molecule has 2 nitrogen and oxygen atoms in total. The summed E-state index contributed by atoms with van der Waals surface area (Å²) in [4.78, 5) is 13.4. The zero-order valence-electron chi connectivity index (χ0n) is 8.12. The third-order valence-electron chi connectivity index (χ3n) is 2.49. The molecule has 1 saturated heterocycles. The summed E-state index contributed by atoms with van der Waals surface area (Å²) in [6.45, 7) is 3.75. The van der Waals surface area contributed by atoms with Crippen LogP contribution in [0.25, 0.3) is 0 Å². The summed E-state index contributed by atoms with van der Waals surface area (Å²) < 4.78 is 0. The normalized spacial score (nSPS) is 29.0.